The fourth-order valence-electron chi connectivity index (χ4n) is 1.94. The minimum Gasteiger partial charge on any atom is -0.236 e. The second-order valence-electron chi connectivity index (χ2n) is 4.38. The topological polar surface area (TPSA) is 17.8 Å². The number of benzene rings is 1. The van der Waals surface area contributed by atoms with Crippen molar-refractivity contribution in [1.29, 1.82) is 0 Å². The van der Waals surface area contributed by atoms with Crippen LogP contribution in [0.15, 0.2) is 22.7 Å². The van der Waals surface area contributed by atoms with Gasteiger partial charge in [-0.2, -0.15) is 18.3 Å². The van der Waals surface area contributed by atoms with Crippen LogP contribution in [0.3, 0.4) is 0 Å². The lowest BCUT2D eigenvalue weighted by molar-refractivity contribution is -0.137. The van der Waals surface area contributed by atoms with Crippen LogP contribution in [0, 0.1) is 13.8 Å². The molecule has 20 heavy (non-hydrogen) atoms. The van der Waals surface area contributed by atoms with Crippen LogP contribution in [0.2, 0.25) is 0 Å². The van der Waals surface area contributed by atoms with Gasteiger partial charge in [-0.05, 0) is 47.5 Å². The number of hydrogen-bond donors (Lipinski definition) is 0. The Balaban J connectivity index is 2.70. The zero-order valence-electron chi connectivity index (χ0n) is 10.7. The molecule has 1 aromatic heterocycles. The van der Waals surface area contributed by atoms with Crippen molar-refractivity contribution in [1.82, 2.24) is 9.78 Å². The van der Waals surface area contributed by atoms with Gasteiger partial charge in [-0.15, -0.1) is 11.6 Å². The molecule has 7 heteroatoms. The fourth-order valence-corrected chi connectivity index (χ4v) is 2.35. The van der Waals surface area contributed by atoms with Crippen LogP contribution >= 0.6 is 27.5 Å². The first kappa shape index (κ1) is 15.4. The minimum atomic E-state index is -4.46. The molecule has 0 spiro atoms. The van der Waals surface area contributed by atoms with Gasteiger partial charge in [0.2, 0.25) is 0 Å². The first-order valence-electron chi connectivity index (χ1n) is 5.74. The van der Waals surface area contributed by atoms with E-state index in [0.717, 1.165) is 6.07 Å². The lowest BCUT2D eigenvalue weighted by Gasteiger charge is -2.15. The summed E-state index contributed by atoms with van der Waals surface area (Å²) in [5.41, 5.74) is 0.929. The van der Waals surface area contributed by atoms with Crippen LogP contribution in [0.1, 0.15) is 22.5 Å². The average molecular weight is 368 g/mol. The monoisotopic (exact) mass is 366 g/mol. The molecule has 0 atom stereocenters. The molecule has 0 unspecified atom stereocenters. The maximum absolute atomic E-state index is 13.2. The first-order valence-corrected chi connectivity index (χ1v) is 7.06. The molecule has 0 saturated heterocycles. The molecule has 0 bridgehead atoms. The van der Waals surface area contributed by atoms with Gasteiger partial charge in [0.25, 0.3) is 0 Å². The molecule has 108 valence electrons. The Labute approximate surface area is 127 Å². The Morgan fingerprint density at radius 2 is 1.95 bits per heavy atom. The van der Waals surface area contributed by atoms with Gasteiger partial charge < -0.3 is 0 Å². The molecule has 0 fully saturated rings. The summed E-state index contributed by atoms with van der Waals surface area (Å²) in [7, 11) is 0. The Hall–Kier alpha value is -1.01. The highest BCUT2D eigenvalue weighted by molar-refractivity contribution is 9.10. The number of aromatic nitrogens is 2. The standard InChI is InChI=1S/C13H11BrClF3N2/c1-7-12(14)8(2)20(19-7)11-4-3-9(6-15)5-10(11)13(16,17)18/h3-5H,6H2,1-2H3. The van der Waals surface area contributed by atoms with Crippen molar-refractivity contribution in [3.63, 3.8) is 0 Å². The third-order valence-corrected chi connectivity index (χ3v) is 4.41. The summed E-state index contributed by atoms with van der Waals surface area (Å²) in [6.07, 6.45) is -4.46. The average Bonchev–Trinajstić information content (AvgIpc) is 2.65. The van der Waals surface area contributed by atoms with Crippen LogP contribution < -0.4 is 0 Å². The van der Waals surface area contributed by atoms with Gasteiger partial charge in [0.15, 0.2) is 0 Å². The van der Waals surface area contributed by atoms with E-state index in [1.807, 2.05) is 0 Å². The SMILES string of the molecule is Cc1nn(-c2ccc(CCl)cc2C(F)(F)F)c(C)c1Br. The number of halogens is 5. The summed E-state index contributed by atoms with van der Waals surface area (Å²) < 4.78 is 41.6. The predicted molar refractivity (Wildman–Crippen MR) is 75.3 cm³/mol. The summed E-state index contributed by atoms with van der Waals surface area (Å²) in [5, 5.41) is 4.15. The van der Waals surface area contributed by atoms with E-state index in [1.165, 1.54) is 10.7 Å². The quantitative estimate of drug-likeness (QED) is 0.682. The highest BCUT2D eigenvalue weighted by atomic mass is 79.9. The fraction of sp³-hybridized carbons (Fsp3) is 0.308. The third-order valence-electron chi connectivity index (χ3n) is 2.95. The summed E-state index contributed by atoms with van der Waals surface area (Å²) in [5.74, 6) is 0.0319. The van der Waals surface area contributed by atoms with Gasteiger partial charge in [0.05, 0.1) is 27.1 Å². The van der Waals surface area contributed by atoms with Gasteiger partial charge in [-0.25, -0.2) is 4.68 Å². The maximum atomic E-state index is 13.2. The van der Waals surface area contributed by atoms with E-state index in [4.69, 9.17) is 11.6 Å². The third kappa shape index (κ3) is 2.72. The maximum Gasteiger partial charge on any atom is 0.418 e. The molecule has 2 aromatic rings. The van der Waals surface area contributed by atoms with Gasteiger partial charge in [-0.1, -0.05) is 6.07 Å². The normalized spacial score (nSPS) is 11.9. The van der Waals surface area contributed by atoms with Crippen molar-refractivity contribution in [2.24, 2.45) is 0 Å². The largest absolute Gasteiger partial charge is 0.418 e. The van der Waals surface area contributed by atoms with Gasteiger partial charge >= 0.3 is 6.18 Å². The molecule has 0 saturated carbocycles. The molecule has 0 aliphatic carbocycles. The zero-order valence-corrected chi connectivity index (χ0v) is 13.1. The molecule has 1 heterocycles. The van der Waals surface area contributed by atoms with Gasteiger partial charge in [-0.3, -0.25) is 0 Å². The molecule has 0 N–H and O–H groups in total. The van der Waals surface area contributed by atoms with Crippen molar-refractivity contribution in [3.8, 4) is 5.69 Å². The van der Waals surface area contributed by atoms with Crippen LogP contribution in [-0.4, -0.2) is 9.78 Å². The zero-order chi connectivity index (χ0) is 15.1. The molecule has 0 aliphatic rings. The van der Waals surface area contributed by atoms with Crippen molar-refractivity contribution < 1.29 is 13.2 Å². The lowest BCUT2D eigenvalue weighted by Crippen LogP contribution is -2.13. The smallest absolute Gasteiger partial charge is 0.236 e. The predicted octanol–water partition coefficient (Wildman–Crippen LogP) is 5.01. The van der Waals surface area contributed by atoms with E-state index in [2.05, 4.69) is 21.0 Å². The Kier molecular flexibility index (Phi) is 4.16. The first-order chi connectivity index (χ1) is 9.25. The van der Waals surface area contributed by atoms with E-state index in [0.29, 0.717) is 21.4 Å². The number of nitrogens with zero attached hydrogens (tertiary/aromatic N) is 2. The second-order valence-corrected chi connectivity index (χ2v) is 5.44. The van der Waals surface area contributed by atoms with E-state index in [1.54, 1.807) is 19.9 Å². The molecule has 1 aromatic carbocycles. The second kappa shape index (κ2) is 5.41. The summed E-state index contributed by atoms with van der Waals surface area (Å²) in [6.45, 7) is 3.44. The van der Waals surface area contributed by atoms with E-state index in [-0.39, 0.29) is 11.6 Å². The van der Waals surface area contributed by atoms with Crippen LogP contribution in [0.4, 0.5) is 13.2 Å². The summed E-state index contributed by atoms with van der Waals surface area (Å²) in [4.78, 5) is 0. The number of alkyl halides is 4. The van der Waals surface area contributed by atoms with Crippen LogP contribution in [0.5, 0.6) is 0 Å². The molecule has 2 nitrogen and oxygen atoms in total. The van der Waals surface area contributed by atoms with Crippen LogP contribution in [-0.2, 0) is 12.1 Å². The molecule has 0 radical (unpaired) electrons. The Morgan fingerprint density at radius 1 is 1.30 bits per heavy atom. The Morgan fingerprint density at radius 3 is 2.40 bits per heavy atom. The highest BCUT2D eigenvalue weighted by Gasteiger charge is 2.35. The number of rotatable bonds is 2. The van der Waals surface area contributed by atoms with Gasteiger partial charge in [0, 0.05) is 5.88 Å². The highest BCUT2D eigenvalue weighted by Crippen LogP contribution is 2.36. The summed E-state index contributed by atoms with van der Waals surface area (Å²) >= 11 is 8.93. The van der Waals surface area contributed by atoms with E-state index >= 15 is 0 Å². The summed E-state index contributed by atoms with van der Waals surface area (Å²) in [6, 6.07) is 4.03. The van der Waals surface area contributed by atoms with E-state index < -0.39 is 11.7 Å². The van der Waals surface area contributed by atoms with Crippen molar-refractivity contribution in [2.45, 2.75) is 25.9 Å². The minimum absolute atomic E-state index is 0.00216. The Bertz CT molecular complexity index is 650. The van der Waals surface area contributed by atoms with Crippen molar-refractivity contribution >= 4 is 27.5 Å². The van der Waals surface area contributed by atoms with Crippen molar-refractivity contribution in [3.05, 3.63) is 45.2 Å². The van der Waals surface area contributed by atoms with Crippen LogP contribution in [0.25, 0.3) is 5.69 Å². The van der Waals surface area contributed by atoms with E-state index in [9.17, 15) is 13.2 Å². The lowest BCUT2D eigenvalue weighted by atomic mass is 10.1. The molecular weight excluding hydrogens is 357 g/mol. The molecule has 2 rings (SSSR count). The molecule has 0 aliphatic heterocycles. The number of aryl methyl sites for hydroxylation is 1. The number of hydrogen-bond acceptors (Lipinski definition) is 1. The van der Waals surface area contributed by atoms with Crippen molar-refractivity contribution in [2.75, 3.05) is 0 Å². The van der Waals surface area contributed by atoms with Gasteiger partial charge in [0.1, 0.15) is 0 Å². The molecule has 0 amide bonds. The molecular formula is C13H11BrClF3N2.